The van der Waals surface area contributed by atoms with Gasteiger partial charge >= 0.3 is 6.18 Å². The van der Waals surface area contributed by atoms with Gasteiger partial charge in [0, 0.05) is 24.8 Å². The van der Waals surface area contributed by atoms with Gasteiger partial charge in [-0.25, -0.2) is 0 Å². The van der Waals surface area contributed by atoms with Gasteiger partial charge in [-0.05, 0) is 25.0 Å². The van der Waals surface area contributed by atoms with Crippen LogP contribution in [-0.4, -0.2) is 37.8 Å². The minimum absolute atomic E-state index is 0. The molecule has 4 nitrogen and oxygen atoms in total. The Morgan fingerprint density at radius 2 is 1.76 bits per heavy atom. The molecule has 0 fully saturated rings. The molecule has 0 aliphatic heterocycles. The number of aliphatic imine (C=N–C) groups is 1. The number of nitrogens with one attached hydrogen (secondary N) is 3. The van der Waals surface area contributed by atoms with E-state index < -0.39 is 12.6 Å². The molecule has 0 spiro atoms. The second-order valence-corrected chi connectivity index (χ2v) is 5.87. The third-order valence-corrected chi connectivity index (χ3v) is 3.42. The van der Waals surface area contributed by atoms with Crippen molar-refractivity contribution in [2.75, 3.05) is 25.0 Å². The number of hydrogen-bond acceptors (Lipinski definition) is 2. The Hall–Kier alpha value is -1.19. The first-order chi connectivity index (χ1) is 11.3. The summed E-state index contributed by atoms with van der Waals surface area (Å²) in [4.78, 5) is 4.42. The molecule has 25 heavy (non-hydrogen) atoms. The zero-order valence-electron chi connectivity index (χ0n) is 14.9. The van der Waals surface area contributed by atoms with E-state index in [1.165, 1.54) is 0 Å². The summed E-state index contributed by atoms with van der Waals surface area (Å²) in [6.07, 6.45) is -5.05. The lowest BCUT2D eigenvalue weighted by molar-refractivity contribution is -0.132. The van der Waals surface area contributed by atoms with Crippen LogP contribution in [0.4, 0.5) is 18.9 Å². The molecule has 0 aliphatic carbocycles. The average Bonchev–Trinajstić information content (AvgIpc) is 2.50. The van der Waals surface area contributed by atoms with Crippen LogP contribution in [0.3, 0.4) is 0 Å². The summed E-state index contributed by atoms with van der Waals surface area (Å²) in [5, 5.41) is 9.11. The van der Waals surface area contributed by atoms with Gasteiger partial charge in [0.05, 0.1) is 13.0 Å². The van der Waals surface area contributed by atoms with Gasteiger partial charge in [0.1, 0.15) is 0 Å². The molecular weight excluding hydrogens is 444 g/mol. The summed E-state index contributed by atoms with van der Waals surface area (Å²) >= 11 is 0. The number of halogens is 4. The van der Waals surface area contributed by atoms with Crippen molar-refractivity contribution in [3.05, 3.63) is 30.3 Å². The number of rotatable bonds is 8. The highest BCUT2D eigenvalue weighted by Gasteiger charge is 2.26. The second-order valence-electron chi connectivity index (χ2n) is 5.87. The van der Waals surface area contributed by atoms with Gasteiger partial charge in [-0.2, -0.15) is 13.2 Å². The number of hydrogen-bond donors (Lipinski definition) is 3. The third-order valence-electron chi connectivity index (χ3n) is 3.42. The molecule has 0 aromatic heterocycles. The summed E-state index contributed by atoms with van der Waals surface area (Å²) in [5.41, 5.74) is 1.00. The fourth-order valence-electron chi connectivity index (χ4n) is 2.03. The summed E-state index contributed by atoms with van der Waals surface area (Å²) < 4.78 is 36.7. The molecule has 0 radical (unpaired) electrons. The minimum Gasteiger partial charge on any atom is -0.380 e. The first-order valence-corrected chi connectivity index (χ1v) is 8.22. The van der Waals surface area contributed by atoms with Crippen molar-refractivity contribution in [3.63, 3.8) is 0 Å². The number of nitrogens with zero attached hydrogens (tertiary/aromatic N) is 1. The van der Waals surface area contributed by atoms with Crippen molar-refractivity contribution in [1.29, 1.82) is 0 Å². The van der Waals surface area contributed by atoms with Gasteiger partial charge in [-0.15, -0.1) is 24.0 Å². The van der Waals surface area contributed by atoms with E-state index in [1.807, 2.05) is 37.3 Å². The zero-order valence-corrected chi connectivity index (χ0v) is 17.2. The van der Waals surface area contributed by atoms with E-state index in [4.69, 9.17) is 0 Å². The lowest BCUT2D eigenvalue weighted by Crippen LogP contribution is -2.40. The molecule has 0 amide bonds. The van der Waals surface area contributed by atoms with Crippen LogP contribution in [0, 0.1) is 5.92 Å². The van der Waals surface area contributed by atoms with E-state index in [0.717, 1.165) is 5.69 Å². The fourth-order valence-corrected chi connectivity index (χ4v) is 2.03. The highest BCUT2D eigenvalue weighted by atomic mass is 127. The zero-order chi connectivity index (χ0) is 18.0. The third kappa shape index (κ3) is 11.1. The summed E-state index contributed by atoms with van der Waals surface area (Å²) in [7, 11) is 0. The summed E-state index contributed by atoms with van der Waals surface area (Å²) in [6.45, 7) is 6.92. The molecule has 1 atom stereocenters. The van der Waals surface area contributed by atoms with Crippen LogP contribution in [0.1, 0.15) is 27.2 Å². The molecule has 1 rings (SSSR count). The number of guanidine groups is 1. The lowest BCUT2D eigenvalue weighted by Gasteiger charge is -2.22. The molecule has 1 unspecified atom stereocenters. The Morgan fingerprint density at radius 1 is 1.12 bits per heavy atom. The standard InChI is InChI=1S/C17H27F3N4.HI/c1-4-21-16(22-11-10-17(18,19)20)23-12-15(13(2)3)24-14-8-6-5-7-9-14;/h5-9,13,15,24H,4,10-12H2,1-3H3,(H2,21,22,23);1H. The van der Waals surface area contributed by atoms with Gasteiger partial charge in [0.25, 0.3) is 0 Å². The Balaban J connectivity index is 0.00000576. The summed E-state index contributed by atoms with van der Waals surface area (Å²) in [6, 6.07) is 9.89. The number of benzene rings is 1. The maximum absolute atomic E-state index is 12.2. The van der Waals surface area contributed by atoms with Crippen LogP contribution in [0.25, 0.3) is 0 Å². The van der Waals surface area contributed by atoms with E-state index in [-0.39, 0.29) is 36.6 Å². The molecule has 0 saturated heterocycles. The number of anilines is 1. The van der Waals surface area contributed by atoms with Crippen LogP contribution >= 0.6 is 24.0 Å². The van der Waals surface area contributed by atoms with Crippen molar-refractivity contribution in [1.82, 2.24) is 10.6 Å². The van der Waals surface area contributed by atoms with Gasteiger partial charge in [0.15, 0.2) is 5.96 Å². The van der Waals surface area contributed by atoms with Crippen molar-refractivity contribution in [2.45, 2.75) is 39.4 Å². The van der Waals surface area contributed by atoms with Crippen molar-refractivity contribution < 1.29 is 13.2 Å². The van der Waals surface area contributed by atoms with Gasteiger partial charge < -0.3 is 16.0 Å². The van der Waals surface area contributed by atoms with E-state index in [2.05, 4.69) is 34.8 Å². The Labute approximate surface area is 165 Å². The minimum atomic E-state index is -4.17. The number of alkyl halides is 3. The Kier molecular flexibility index (Phi) is 11.6. The number of para-hydroxylation sites is 1. The Morgan fingerprint density at radius 3 is 2.28 bits per heavy atom. The van der Waals surface area contributed by atoms with Crippen molar-refractivity contribution in [2.24, 2.45) is 10.9 Å². The van der Waals surface area contributed by atoms with Crippen LogP contribution in [0.15, 0.2) is 35.3 Å². The largest absolute Gasteiger partial charge is 0.390 e. The monoisotopic (exact) mass is 472 g/mol. The second kappa shape index (κ2) is 12.2. The highest BCUT2D eigenvalue weighted by Crippen LogP contribution is 2.18. The molecule has 0 heterocycles. The van der Waals surface area contributed by atoms with E-state index >= 15 is 0 Å². The van der Waals surface area contributed by atoms with Gasteiger partial charge in [0.2, 0.25) is 0 Å². The summed E-state index contributed by atoms with van der Waals surface area (Å²) in [5.74, 6) is 0.731. The van der Waals surface area contributed by atoms with E-state index in [1.54, 1.807) is 0 Å². The highest BCUT2D eigenvalue weighted by molar-refractivity contribution is 14.0. The smallest absolute Gasteiger partial charge is 0.380 e. The normalized spacial score (nSPS) is 13.2. The van der Waals surface area contributed by atoms with Crippen LogP contribution in [-0.2, 0) is 0 Å². The van der Waals surface area contributed by atoms with Gasteiger partial charge in [-0.3, -0.25) is 4.99 Å². The quantitative estimate of drug-likeness (QED) is 0.301. The fraction of sp³-hybridized carbons (Fsp3) is 0.588. The van der Waals surface area contributed by atoms with Crippen molar-refractivity contribution in [3.8, 4) is 0 Å². The predicted octanol–water partition coefficient (Wildman–Crippen LogP) is 4.25. The topological polar surface area (TPSA) is 48.5 Å². The molecule has 144 valence electrons. The maximum atomic E-state index is 12.2. The van der Waals surface area contributed by atoms with Crippen LogP contribution in [0.2, 0.25) is 0 Å². The molecular formula is C17H28F3IN4. The predicted molar refractivity (Wildman–Crippen MR) is 109 cm³/mol. The Bertz CT molecular complexity index is 492. The first kappa shape index (κ1) is 23.8. The SMILES string of the molecule is CCNC(=NCC(Nc1ccccc1)C(C)C)NCCC(F)(F)F.I. The molecule has 0 saturated carbocycles. The molecule has 1 aromatic rings. The maximum Gasteiger partial charge on any atom is 0.390 e. The van der Waals surface area contributed by atoms with E-state index in [0.29, 0.717) is 25.0 Å². The average molecular weight is 472 g/mol. The van der Waals surface area contributed by atoms with Crippen LogP contribution in [0.5, 0.6) is 0 Å². The van der Waals surface area contributed by atoms with Gasteiger partial charge in [-0.1, -0.05) is 32.0 Å². The van der Waals surface area contributed by atoms with E-state index in [9.17, 15) is 13.2 Å². The molecule has 3 N–H and O–H groups in total. The molecule has 1 aromatic carbocycles. The van der Waals surface area contributed by atoms with Crippen LogP contribution < -0.4 is 16.0 Å². The first-order valence-electron chi connectivity index (χ1n) is 8.22. The van der Waals surface area contributed by atoms with Crippen molar-refractivity contribution >= 4 is 35.6 Å². The lowest BCUT2D eigenvalue weighted by atomic mass is 10.0. The molecule has 8 heteroatoms. The molecule has 0 aliphatic rings. The molecule has 0 bridgehead atoms.